The maximum atomic E-state index is 12.9. The summed E-state index contributed by atoms with van der Waals surface area (Å²) in [5, 5.41) is 3.76. The minimum absolute atomic E-state index is 0.0728. The Morgan fingerprint density at radius 3 is 2.38 bits per heavy atom. The molecular formula is C18H29N3O4S. The first-order chi connectivity index (χ1) is 12.3. The van der Waals surface area contributed by atoms with Crippen LogP contribution in [0, 0.1) is 25.7 Å². The zero-order chi connectivity index (χ0) is 18.9. The summed E-state index contributed by atoms with van der Waals surface area (Å²) in [5.41, 5.74) is 0.388. The molecule has 0 unspecified atom stereocenters. The predicted octanol–water partition coefficient (Wildman–Crippen LogP) is 2.34. The lowest BCUT2D eigenvalue weighted by Gasteiger charge is -2.33. The van der Waals surface area contributed by atoms with E-state index in [0.29, 0.717) is 43.3 Å². The average Bonchev–Trinajstić information content (AvgIpc) is 3.36. The van der Waals surface area contributed by atoms with Crippen molar-refractivity contribution < 1.29 is 17.7 Å². The van der Waals surface area contributed by atoms with Crippen LogP contribution in [0.2, 0.25) is 0 Å². The first-order valence-electron chi connectivity index (χ1n) is 9.56. The van der Waals surface area contributed by atoms with Crippen molar-refractivity contribution in [3.63, 3.8) is 0 Å². The fraction of sp³-hybridized carbons (Fsp3) is 0.778. The van der Waals surface area contributed by atoms with E-state index in [1.165, 1.54) is 17.1 Å². The minimum Gasteiger partial charge on any atom is -0.360 e. The highest BCUT2D eigenvalue weighted by molar-refractivity contribution is 7.89. The van der Waals surface area contributed by atoms with Crippen molar-refractivity contribution in [3.8, 4) is 0 Å². The van der Waals surface area contributed by atoms with Gasteiger partial charge in [-0.05, 0) is 51.9 Å². The Hall–Kier alpha value is -1.41. The van der Waals surface area contributed by atoms with Gasteiger partial charge in [0.25, 0.3) is 0 Å². The van der Waals surface area contributed by atoms with Gasteiger partial charge < -0.3 is 9.42 Å². The van der Waals surface area contributed by atoms with Crippen LogP contribution in [-0.2, 0) is 14.8 Å². The van der Waals surface area contributed by atoms with Crippen LogP contribution in [0.3, 0.4) is 0 Å². The highest BCUT2D eigenvalue weighted by Crippen LogP contribution is 2.32. The molecule has 1 saturated carbocycles. The molecule has 0 N–H and O–H groups in total. The van der Waals surface area contributed by atoms with Gasteiger partial charge in [0.2, 0.25) is 15.9 Å². The number of piperidine rings is 1. The van der Waals surface area contributed by atoms with Crippen LogP contribution in [0.5, 0.6) is 0 Å². The van der Waals surface area contributed by atoms with E-state index in [-0.39, 0.29) is 16.7 Å². The molecule has 0 aromatic carbocycles. The van der Waals surface area contributed by atoms with Crippen LogP contribution >= 0.6 is 0 Å². The molecule has 26 heavy (non-hydrogen) atoms. The third-order valence-electron chi connectivity index (χ3n) is 5.35. The van der Waals surface area contributed by atoms with Crippen molar-refractivity contribution in [2.75, 3.05) is 26.2 Å². The molecule has 3 rings (SSSR count). The smallest absolute Gasteiger partial charge is 0.248 e. The van der Waals surface area contributed by atoms with Gasteiger partial charge in [-0.15, -0.1) is 0 Å². The van der Waals surface area contributed by atoms with Gasteiger partial charge in [0.05, 0.1) is 0 Å². The summed E-state index contributed by atoms with van der Waals surface area (Å²) in [6.07, 6.45) is 4.56. The fourth-order valence-electron chi connectivity index (χ4n) is 3.75. The van der Waals surface area contributed by atoms with Crippen molar-refractivity contribution >= 4 is 15.9 Å². The largest absolute Gasteiger partial charge is 0.360 e. The number of nitrogens with zero attached hydrogens (tertiary/aromatic N) is 3. The molecule has 0 spiro atoms. The summed E-state index contributed by atoms with van der Waals surface area (Å²) >= 11 is 0. The maximum Gasteiger partial charge on any atom is 0.248 e. The van der Waals surface area contributed by atoms with Crippen LogP contribution in [0.25, 0.3) is 0 Å². The fourth-order valence-corrected chi connectivity index (χ4v) is 5.51. The highest BCUT2D eigenvalue weighted by atomic mass is 32.2. The Kier molecular flexibility index (Phi) is 5.72. The Labute approximate surface area is 155 Å². The van der Waals surface area contributed by atoms with Crippen molar-refractivity contribution in [1.29, 1.82) is 0 Å². The zero-order valence-corrected chi connectivity index (χ0v) is 16.7. The second-order valence-electron chi connectivity index (χ2n) is 7.56. The number of amides is 1. The molecule has 0 bridgehead atoms. The normalized spacial score (nSPS) is 19.7. The van der Waals surface area contributed by atoms with Gasteiger partial charge in [-0.2, -0.15) is 4.31 Å². The Bertz CT molecular complexity index is 727. The van der Waals surface area contributed by atoms with Crippen LogP contribution in [0.1, 0.15) is 50.5 Å². The molecule has 2 heterocycles. The highest BCUT2D eigenvalue weighted by Gasteiger charge is 2.37. The molecule has 146 valence electrons. The van der Waals surface area contributed by atoms with Crippen LogP contribution in [-0.4, -0.2) is 54.9 Å². The van der Waals surface area contributed by atoms with Crippen LogP contribution in [0.15, 0.2) is 9.42 Å². The maximum absolute atomic E-state index is 12.9. The molecular weight excluding hydrogens is 354 g/mol. The molecule has 1 aromatic rings. The molecule has 1 aliphatic carbocycles. The first kappa shape index (κ1) is 19.4. The molecule has 1 aliphatic heterocycles. The number of carbonyl (C=O) groups is 1. The van der Waals surface area contributed by atoms with Crippen molar-refractivity contribution in [2.45, 2.75) is 57.8 Å². The minimum atomic E-state index is -3.62. The second-order valence-corrected chi connectivity index (χ2v) is 9.43. The molecule has 2 aliphatic rings. The van der Waals surface area contributed by atoms with E-state index in [2.05, 4.69) is 12.1 Å². The third-order valence-corrected chi connectivity index (χ3v) is 7.49. The quantitative estimate of drug-likeness (QED) is 0.722. The molecule has 7 nitrogen and oxygen atoms in total. The van der Waals surface area contributed by atoms with Gasteiger partial charge in [-0.1, -0.05) is 12.1 Å². The summed E-state index contributed by atoms with van der Waals surface area (Å²) in [6.45, 7) is 7.74. The molecule has 2 fully saturated rings. The number of hydrogen-bond donors (Lipinski definition) is 0. The average molecular weight is 384 g/mol. The lowest BCUT2D eigenvalue weighted by molar-refractivity contribution is -0.137. The molecule has 1 aromatic heterocycles. The molecule has 1 amide bonds. The Balaban J connectivity index is 1.64. The van der Waals surface area contributed by atoms with Crippen molar-refractivity contribution in [2.24, 2.45) is 11.8 Å². The number of rotatable bonds is 7. The van der Waals surface area contributed by atoms with E-state index in [4.69, 9.17) is 4.52 Å². The number of sulfonamides is 1. The van der Waals surface area contributed by atoms with Crippen molar-refractivity contribution in [3.05, 3.63) is 11.5 Å². The van der Waals surface area contributed by atoms with E-state index < -0.39 is 10.0 Å². The van der Waals surface area contributed by atoms with Gasteiger partial charge in [-0.25, -0.2) is 8.42 Å². The Morgan fingerprint density at radius 1 is 1.23 bits per heavy atom. The van der Waals surface area contributed by atoms with E-state index in [1.807, 2.05) is 4.90 Å². The zero-order valence-electron chi connectivity index (χ0n) is 15.9. The third kappa shape index (κ3) is 3.96. The van der Waals surface area contributed by atoms with Crippen molar-refractivity contribution in [1.82, 2.24) is 14.4 Å². The monoisotopic (exact) mass is 383 g/mol. The van der Waals surface area contributed by atoms with Gasteiger partial charge in [0.15, 0.2) is 5.76 Å². The predicted molar refractivity (Wildman–Crippen MR) is 97.1 cm³/mol. The van der Waals surface area contributed by atoms with E-state index in [1.54, 1.807) is 13.8 Å². The number of aryl methyl sites for hydroxylation is 2. The van der Waals surface area contributed by atoms with Crippen LogP contribution < -0.4 is 0 Å². The summed E-state index contributed by atoms with van der Waals surface area (Å²) in [6, 6.07) is 0. The van der Waals surface area contributed by atoms with E-state index >= 15 is 0 Å². The molecule has 8 heteroatoms. The number of carbonyl (C=O) groups excluding carboxylic acids is 1. The van der Waals surface area contributed by atoms with Gasteiger partial charge in [-0.3, -0.25) is 4.79 Å². The topological polar surface area (TPSA) is 83.7 Å². The summed E-state index contributed by atoms with van der Waals surface area (Å²) in [4.78, 5) is 15.0. The number of aromatic nitrogens is 1. The molecule has 1 saturated heterocycles. The standard InChI is InChI=1S/C18H29N3O4S/c1-4-9-20(12-15-5-6-15)18(22)16-7-10-21(11-8-16)26(23,24)17-13(2)19-25-14(17)3/h15-16H,4-12H2,1-3H3. The SMILES string of the molecule is CCCN(CC1CC1)C(=O)C1CCN(S(=O)(=O)c2c(C)noc2C)CC1. The van der Waals surface area contributed by atoms with E-state index in [0.717, 1.165) is 19.5 Å². The van der Waals surface area contributed by atoms with Crippen LogP contribution in [0.4, 0.5) is 0 Å². The second kappa shape index (κ2) is 7.68. The van der Waals surface area contributed by atoms with Gasteiger partial charge in [0.1, 0.15) is 10.6 Å². The lowest BCUT2D eigenvalue weighted by Crippen LogP contribution is -2.45. The summed E-state index contributed by atoms with van der Waals surface area (Å²) in [7, 11) is -3.62. The summed E-state index contributed by atoms with van der Waals surface area (Å²) < 4.78 is 32.3. The van der Waals surface area contributed by atoms with E-state index in [9.17, 15) is 13.2 Å². The van der Waals surface area contributed by atoms with Gasteiger partial charge >= 0.3 is 0 Å². The Morgan fingerprint density at radius 2 is 1.88 bits per heavy atom. The molecule has 0 radical (unpaired) electrons. The lowest BCUT2D eigenvalue weighted by atomic mass is 9.96. The van der Waals surface area contributed by atoms with Gasteiger partial charge in [0, 0.05) is 32.1 Å². The molecule has 0 atom stereocenters. The summed E-state index contributed by atoms with van der Waals surface area (Å²) in [5.74, 6) is 1.12. The number of hydrogen-bond acceptors (Lipinski definition) is 5. The first-order valence-corrected chi connectivity index (χ1v) is 11.0.